The Hall–Kier alpha value is -1.85. The molecule has 2 N–H and O–H groups in total. The zero-order valence-corrected chi connectivity index (χ0v) is 11.9. The Morgan fingerprint density at radius 2 is 1.79 bits per heavy atom. The van der Waals surface area contributed by atoms with Crippen molar-refractivity contribution in [1.29, 1.82) is 0 Å². The molecule has 0 saturated heterocycles. The third-order valence-corrected chi connectivity index (χ3v) is 2.79. The van der Waals surface area contributed by atoms with Gasteiger partial charge in [-0.1, -0.05) is 0 Å². The largest absolute Gasteiger partial charge is 0.370 e. The van der Waals surface area contributed by atoms with Gasteiger partial charge in [0.25, 0.3) is 0 Å². The van der Waals surface area contributed by atoms with Gasteiger partial charge in [0.1, 0.15) is 18.0 Å². The van der Waals surface area contributed by atoms with Crippen LogP contribution in [0.2, 0.25) is 0 Å². The van der Waals surface area contributed by atoms with E-state index in [0.717, 1.165) is 31.3 Å². The van der Waals surface area contributed by atoms with Gasteiger partial charge in [0.2, 0.25) is 5.91 Å². The molecule has 0 fully saturated rings. The van der Waals surface area contributed by atoms with Crippen molar-refractivity contribution in [2.45, 2.75) is 27.2 Å². The fourth-order valence-electron chi connectivity index (χ4n) is 1.76. The minimum absolute atomic E-state index is 0.165. The number of rotatable bonds is 8. The fourth-order valence-corrected chi connectivity index (χ4v) is 1.76. The Labute approximate surface area is 114 Å². The molecule has 1 rings (SSSR count). The second kappa shape index (κ2) is 8.29. The van der Waals surface area contributed by atoms with Crippen molar-refractivity contribution in [3.63, 3.8) is 0 Å². The summed E-state index contributed by atoms with van der Waals surface area (Å²) in [7, 11) is 0. The Morgan fingerprint density at radius 3 is 2.37 bits per heavy atom. The molecule has 0 atom stereocenters. The van der Waals surface area contributed by atoms with E-state index >= 15 is 0 Å². The monoisotopic (exact) mass is 265 g/mol. The van der Waals surface area contributed by atoms with Crippen LogP contribution in [0.5, 0.6) is 0 Å². The second-order valence-electron chi connectivity index (χ2n) is 4.06. The molecule has 1 aromatic rings. The summed E-state index contributed by atoms with van der Waals surface area (Å²) in [6.45, 7) is 8.90. The summed E-state index contributed by atoms with van der Waals surface area (Å²) in [5.74, 6) is 1.69. The standard InChI is InChI=1S/C13H23N5O/c1-4-14-11-9-12(17-10-16-11)15-8-7-13(19)18(5-2)6-3/h9-10H,4-8H2,1-3H3,(H2,14,15,16,17). The van der Waals surface area contributed by atoms with E-state index < -0.39 is 0 Å². The van der Waals surface area contributed by atoms with E-state index in [4.69, 9.17) is 0 Å². The lowest BCUT2D eigenvalue weighted by molar-refractivity contribution is -0.130. The van der Waals surface area contributed by atoms with E-state index in [1.54, 1.807) is 0 Å². The van der Waals surface area contributed by atoms with Gasteiger partial charge in [-0.25, -0.2) is 9.97 Å². The predicted octanol–water partition coefficient (Wildman–Crippen LogP) is 1.58. The highest BCUT2D eigenvalue weighted by Gasteiger charge is 2.08. The number of hydrogen-bond donors (Lipinski definition) is 2. The van der Waals surface area contributed by atoms with E-state index in [1.807, 2.05) is 31.7 Å². The van der Waals surface area contributed by atoms with Crippen LogP contribution < -0.4 is 10.6 Å². The first-order valence-corrected chi connectivity index (χ1v) is 6.78. The minimum atomic E-state index is 0.165. The van der Waals surface area contributed by atoms with Gasteiger partial charge < -0.3 is 15.5 Å². The average Bonchev–Trinajstić information content (AvgIpc) is 2.41. The van der Waals surface area contributed by atoms with Crippen LogP contribution >= 0.6 is 0 Å². The third kappa shape index (κ3) is 5.11. The molecule has 1 heterocycles. The maximum Gasteiger partial charge on any atom is 0.224 e. The van der Waals surface area contributed by atoms with Crippen LogP contribution in [0.4, 0.5) is 11.6 Å². The zero-order valence-electron chi connectivity index (χ0n) is 11.9. The first-order valence-electron chi connectivity index (χ1n) is 6.78. The van der Waals surface area contributed by atoms with E-state index in [9.17, 15) is 4.79 Å². The maximum absolute atomic E-state index is 11.8. The minimum Gasteiger partial charge on any atom is -0.370 e. The van der Waals surface area contributed by atoms with Gasteiger partial charge in [0.05, 0.1) is 0 Å². The van der Waals surface area contributed by atoms with E-state index in [2.05, 4.69) is 20.6 Å². The first-order chi connectivity index (χ1) is 9.21. The quantitative estimate of drug-likeness (QED) is 0.747. The van der Waals surface area contributed by atoms with Crippen LogP contribution in [-0.2, 0) is 4.79 Å². The molecule has 0 unspecified atom stereocenters. The van der Waals surface area contributed by atoms with Crippen LogP contribution in [-0.4, -0.2) is 47.0 Å². The van der Waals surface area contributed by atoms with Gasteiger partial charge in [-0.3, -0.25) is 4.79 Å². The lowest BCUT2D eigenvalue weighted by Gasteiger charge is -2.18. The molecule has 0 aliphatic heterocycles. The van der Waals surface area contributed by atoms with Crippen molar-refractivity contribution in [3.8, 4) is 0 Å². The van der Waals surface area contributed by atoms with Crippen LogP contribution in [0, 0.1) is 0 Å². The van der Waals surface area contributed by atoms with Gasteiger partial charge in [-0.2, -0.15) is 0 Å². The number of carbonyl (C=O) groups excluding carboxylic acids is 1. The molecule has 0 bridgehead atoms. The van der Waals surface area contributed by atoms with Gasteiger partial charge in [0.15, 0.2) is 0 Å². The van der Waals surface area contributed by atoms with E-state index in [1.165, 1.54) is 6.33 Å². The molecule has 0 spiro atoms. The summed E-state index contributed by atoms with van der Waals surface area (Å²) < 4.78 is 0. The predicted molar refractivity (Wildman–Crippen MR) is 77.2 cm³/mol. The van der Waals surface area contributed by atoms with Crippen molar-refractivity contribution in [2.24, 2.45) is 0 Å². The van der Waals surface area contributed by atoms with Crippen molar-refractivity contribution >= 4 is 17.5 Å². The second-order valence-corrected chi connectivity index (χ2v) is 4.06. The SMILES string of the molecule is CCNc1cc(NCCC(=O)N(CC)CC)ncn1. The van der Waals surface area contributed by atoms with Crippen molar-refractivity contribution in [3.05, 3.63) is 12.4 Å². The van der Waals surface area contributed by atoms with Gasteiger partial charge in [-0.15, -0.1) is 0 Å². The van der Waals surface area contributed by atoms with E-state index in [0.29, 0.717) is 13.0 Å². The maximum atomic E-state index is 11.8. The molecule has 0 aromatic carbocycles. The normalized spacial score (nSPS) is 10.1. The molecule has 1 aromatic heterocycles. The molecule has 0 aliphatic rings. The summed E-state index contributed by atoms with van der Waals surface area (Å²) in [5.41, 5.74) is 0. The Balaban J connectivity index is 2.40. The first kappa shape index (κ1) is 15.2. The smallest absolute Gasteiger partial charge is 0.224 e. The van der Waals surface area contributed by atoms with Gasteiger partial charge in [-0.05, 0) is 20.8 Å². The van der Waals surface area contributed by atoms with Crippen molar-refractivity contribution < 1.29 is 4.79 Å². The van der Waals surface area contributed by atoms with Gasteiger partial charge in [0, 0.05) is 38.7 Å². The van der Waals surface area contributed by atoms with Crippen LogP contribution in [0.15, 0.2) is 12.4 Å². The van der Waals surface area contributed by atoms with Crippen LogP contribution in [0.1, 0.15) is 27.2 Å². The number of aromatic nitrogens is 2. The van der Waals surface area contributed by atoms with Crippen molar-refractivity contribution in [2.75, 3.05) is 36.8 Å². The van der Waals surface area contributed by atoms with Crippen molar-refractivity contribution in [1.82, 2.24) is 14.9 Å². The number of carbonyl (C=O) groups is 1. The molecule has 0 radical (unpaired) electrons. The van der Waals surface area contributed by atoms with Gasteiger partial charge >= 0.3 is 0 Å². The molecule has 6 heteroatoms. The Morgan fingerprint density at radius 1 is 1.16 bits per heavy atom. The number of nitrogens with zero attached hydrogens (tertiary/aromatic N) is 3. The average molecular weight is 265 g/mol. The molecule has 6 nitrogen and oxygen atoms in total. The summed E-state index contributed by atoms with van der Waals surface area (Å²) >= 11 is 0. The van der Waals surface area contributed by atoms with Crippen LogP contribution in [0.3, 0.4) is 0 Å². The Bertz CT molecular complexity index is 392. The lowest BCUT2D eigenvalue weighted by Crippen LogP contribution is -2.31. The molecule has 19 heavy (non-hydrogen) atoms. The molecular weight excluding hydrogens is 242 g/mol. The zero-order chi connectivity index (χ0) is 14.1. The highest BCUT2D eigenvalue weighted by atomic mass is 16.2. The highest BCUT2D eigenvalue weighted by molar-refractivity contribution is 5.76. The third-order valence-electron chi connectivity index (χ3n) is 2.79. The number of hydrogen-bond acceptors (Lipinski definition) is 5. The van der Waals surface area contributed by atoms with Crippen LogP contribution in [0.25, 0.3) is 0 Å². The number of anilines is 2. The summed E-state index contributed by atoms with van der Waals surface area (Å²) in [6, 6.07) is 1.84. The molecule has 1 amide bonds. The summed E-state index contributed by atoms with van der Waals surface area (Å²) in [6.07, 6.45) is 1.98. The summed E-state index contributed by atoms with van der Waals surface area (Å²) in [5, 5.41) is 6.26. The molecular formula is C13H23N5O. The number of amides is 1. The number of nitrogens with one attached hydrogen (secondary N) is 2. The van der Waals surface area contributed by atoms with E-state index in [-0.39, 0.29) is 5.91 Å². The molecule has 106 valence electrons. The topological polar surface area (TPSA) is 70.2 Å². The molecule has 0 saturated carbocycles. The summed E-state index contributed by atoms with van der Waals surface area (Å²) in [4.78, 5) is 21.8. The molecule has 0 aliphatic carbocycles. The fraction of sp³-hybridized carbons (Fsp3) is 0.615. The highest BCUT2D eigenvalue weighted by Crippen LogP contribution is 2.08. The Kier molecular flexibility index (Phi) is 6.63. The lowest BCUT2D eigenvalue weighted by atomic mass is 10.3.